The fourth-order valence-corrected chi connectivity index (χ4v) is 2.39. The van der Waals surface area contributed by atoms with Crippen molar-refractivity contribution in [1.82, 2.24) is 5.43 Å². The highest BCUT2D eigenvalue weighted by atomic mass is 35.5. The SMILES string of the molecule is NNC(=NC1CCCCC1)Nc1cc(Cl)ccc1F. The summed E-state index contributed by atoms with van der Waals surface area (Å²) in [4.78, 5) is 4.48. The van der Waals surface area contributed by atoms with Gasteiger partial charge in [-0.1, -0.05) is 30.9 Å². The second-order valence-corrected chi connectivity index (χ2v) is 5.10. The van der Waals surface area contributed by atoms with Gasteiger partial charge < -0.3 is 5.32 Å². The maximum absolute atomic E-state index is 13.6. The van der Waals surface area contributed by atoms with Gasteiger partial charge in [0.2, 0.25) is 5.96 Å². The van der Waals surface area contributed by atoms with E-state index >= 15 is 0 Å². The van der Waals surface area contributed by atoms with Crippen LogP contribution in [0.5, 0.6) is 0 Å². The molecule has 4 nitrogen and oxygen atoms in total. The maximum Gasteiger partial charge on any atom is 0.210 e. The van der Waals surface area contributed by atoms with Gasteiger partial charge in [0.05, 0.1) is 11.7 Å². The molecule has 0 unspecified atom stereocenters. The van der Waals surface area contributed by atoms with Crippen LogP contribution in [0.15, 0.2) is 23.2 Å². The smallest absolute Gasteiger partial charge is 0.210 e. The number of hydrazine groups is 1. The second-order valence-electron chi connectivity index (χ2n) is 4.66. The van der Waals surface area contributed by atoms with Crippen molar-refractivity contribution in [2.24, 2.45) is 10.8 Å². The summed E-state index contributed by atoms with van der Waals surface area (Å²) in [6.07, 6.45) is 5.71. The minimum absolute atomic E-state index is 0.245. The number of rotatable bonds is 2. The Morgan fingerprint density at radius 1 is 1.32 bits per heavy atom. The first-order valence-electron chi connectivity index (χ1n) is 6.45. The molecule has 0 radical (unpaired) electrons. The molecule has 1 aromatic carbocycles. The van der Waals surface area contributed by atoms with E-state index in [-0.39, 0.29) is 11.7 Å². The van der Waals surface area contributed by atoms with Crippen LogP contribution in [0.1, 0.15) is 32.1 Å². The number of halogens is 2. The molecule has 1 aliphatic carbocycles. The van der Waals surface area contributed by atoms with E-state index in [0.717, 1.165) is 12.8 Å². The highest BCUT2D eigenvalue weighted by Gasteiger charge is 2.13. The number of aliphatic imine (C=N–C) groups is 1. The van der Waals surface area contributed by atoms with Gasteiger partial charge in [-0.05, 0) is 31.0 Å². The molecule has 0 aromatic heterocycles. The number of anilines is 1. The molecule has 1 saturated carbocycles. The quantitative estimate of drug-likeness (QED) is 0.338. The zero-order valence-electron chi connectivity index (χ0n) is 10.6. The predicted molar refractivity (Wildman–Crippen MR) is 76.7 cm³/mol. The van der Waals surface area contributed by atoms with E-state index < -0.39 is 5.82 Å². The third-order valence-corrected chi connectivity index (χ3v) is 3.44. The molecule has 1 fully saturated rings. The molecule has 1 aliphatic rings. The minimum atomic E-state index is -0.393. The summed E-state index contributed by atoms with van der Waals surface area (Å²) in [5.41, 5.74) is 2.74. The van der Waals surface area contributed by atoms with Crippen LogP contribution in [0.25, 0.3) is 0 Å². The van der Waals surface area contributed by atoms with Gasteiger partial charge in [0.1, 0.15) is 5.82 Å². The molecule has 0 spiro atoms. The van der Waals surface area contributed by atoms with Gasteiger partial charge in [0.25, 0.3) is 0 Å². The Morgan fingerprint density at radius 2 is 2.05 bits per heavy atom. The van der Waals surface area contributed by atoms with E-state index in [0.29, 0.717) is 11.0 Å². The number of nitrogens with two attached hydrogens (primary N) is 1. The van der Waals surface area contributed by atoms with Gasteiger partial charge in [-0.3, -0.25) is 5.43 Å². The third kappa shape index (κ3) is 4.08. The van der Waals surface area contributed by atoms with E-state index in [9.17, 15) is 4.39 Å². The van der Waals surface area contributed by atoms with Crippen molar-refractivity contribution in [3.63, 3.8) is 0 Å². The monoisotopic (exact) mass is 284 g/mol. The van der Waals surface area contributed by atoms with Gasteiger partial charge in [0, 0.05) is 5.02 Å². The molecule has 1 aromatic rings. The lowest BCUT2D eigenvalue weighted by molar-refractivity contribution is 0.442. The van der Waals surface area contributed by atoms with Crippen LogP contribution in [-0.2, 0) is 0 Å². The zero-order chi connectivity index (χ0) is 13.7. The van der Waals surface area contributed by atoms with Crippen LogP contribution in [0, 0.1) is 5.82 Å². The van der Waals surface area contributed by atoms with Crippen molar-refractivity contribution in [1.29, 1.82) is 0 Å². The van der Waals surface area contributed by atoms with Crippen LogP contribution in [0.2, 0.25) is 5.02 Å². The van der Waals surface area contributed by atoms with Crippen molar-refractivity contribution in [2.75, 3.05) is 5.32 Å². The average Bonchev–Trinajstić information content (AvgIpc) is 2.43. The summed E-state index contributed by atoms with van der Waals surface area (Å²) in [7, 11) is 0. The molecule has 0 saturated heterocycles. The number of hydrogen-bond acceptors (Lipinski definition) is 2. The van der Waals surface area contributed by atoms with Crippen molar-refractivity contribution in [3.05, 3.63) is 29.0 Å². The number of nitrogens with one attached hydrogen (secondary N) is 2. The molecule has 0 aliphatic heterocycles. The highest BCUT2D eigenvalue weighted by Crippen LogP contribution is 2.22. The van der Waals surface area contributed by atoms with Crippen LogP contribution in [-0.4, -0.2) is 12.0 Å². The molecule has 6 heteroatoms. The third-order valence-electron chi connectivity index (χ3n) is 3.20. The number of nitrogens with zero attached hydrogens (tertiary/aromatic N) is 1. The van der Waals surface area contributed by atoms with E-state index in [2.05, 4.69) is 15.7 Å². The molecular formula is C13H18ClFN4. The summed E-state index contributed by atoms with van der Waals surface area (Å²) in [5.74, 6) is 5.40. The minimum Gasteiger partial charge on any atom is -0.323 e. The fraction of sp³-hybridized carbons (Fsp3) is 0.462. The number of hydrogen-bond donors (Lipinski definition) is 3. The van der Waals surface area contributed by atoms with Crippen LogP contribution >= 0.6 is 11.6 Å². The van der Waals surface area contributed by atoms with Crippen molar-refractivity contribution >= 4 is 23.2 Å². The van der Waals surface area contributed by atoms with Gasteiger partial charge in [0.15, 0.2) is 0 Å². The first-order valence-corrected chi connectivity index (χ1v) is 6.83. The highest BCUT2D eigenvalue weighted by molar-refractivity contribution is 6.30. The molecule has 0 bridgehead atoms. The maximum atomic E-state index is 13.6. The number of benzene rings is 1. The summed E-state index contributed by atoms with van der Waals surface area (Å²) >= 11 is 5.84. The van der Waals surface area contributed by atoms with E-state index in [1.54, 1.807) is 0 Å². The largest absolute Gasteiger partial charge is 0.323 e. The molecule has 104 valence electrons. The summed E-state index contributed by atoms with van der Waals surface area (Å²) in [5, 5.41) is 3.30. The van der Waals surface area contributed by atoms with E-state index in [4.69, 9.17) is 17.4 Å². The Balaban J connectivity index is 2.09. The Hall–Kier alpha value is -1.33. The molecular weight excluding hydrogens is 267 g/mol. The Morgan fingerprint density at radius 3 is 2.74 bits per heavy atom. The van der Waals surface area contributed by atoms with E-state index in [1.807, 2.05) is 0 Å². The van der Waals surface area contributed by atoms with Gasteiger partial charge in [-0.25, -0.2) is 15.2 Å². The second kappa shape index (κ2) is 6.73. The van der Waals surface area contributed by atoms with Crippen molar-refractivity contribution in [3.8, 4) is 0 Å². The van der Waals surface area contributed by atoms with E-state index in [1.165, 1.54) is 37.5 Å². The molecule has 19 heavy (non-hydrogen) atoms. The normalized spacial score (nSPS) is 17.3. The molecule has 4 N–H and O–H groups in total. The first kappa shape index (κ1) is 14.1. The fourth-order valence-electron chi connectivity index (χ4n) is 2.22. The van der Waals surface area contributed by atoms with Crippen LogP contribution in [0.3, 0.4) is 0 Å². The average molecular weight is 285 g/mol. The summed E-state index contributed by atoms with van der Waals surface area (Å²) in [6, 6.07) is 4.55. The molecule has 0 amide bonds. The summed E-state index contributed by atoms with van der Waals surface area (Å²) < 4.78 is 13.6. The van der Waals surface area contributed by atoms with Crippen LogP contribution in [0.4, 0.5) is 10.1 Å². The molecule has 0 atom stereocenters. The van der Waals surface area contributed by atoms with Crippen molar-refractivity contribution in [2.45, 2.75) is 38.1 Å². The summed E-state index contributed by atoms with van der Waals surface area (Å²) in [6.45, 7) is 0. The van der Waals surface area contributed by atoms with Crippen molar-refractivity contribution < 1.29 is 4.39 Å². The zero-order valence-corrected chi connectivity index (χ0v) is 11.4. The molecule has 0 heterocycles. The first-order chi connectivity index (χ1) is 9.19. The molecule has 2 rings (SSSR count). The Kier molecular flexibility index (Phi) is 4.99. The number of guanidine groups is 1. The van der Waals surface area contributed by atoms with Gasteiger partial charge in [-0.15, -0.1) is 0 Å². The lowest BCUT2D eigenvalue weighted by Gasteiger charge is -2.19. The topological polar surface area (TPSA) is 62.4 Å². The van der Waals surface area contributed by atoms with Gasteiger partial charge in [-0.2, -0.15) is 0 Å². The lowest BCUT2D eigenvalue weighted by atomic mass is 9.96. The van der Waals surface area contributed by atoms with Crippen LogP contribution < -0.4 is 16.6 Å². The van der Waals surface area contributed by atoms with Gasteiger partial charge >= 0.3 is 0 Å². The standard InChI is InChI=1S/C13H18ClFN4/c14-9-6-7-11(15)12(8-9)18-13(19-16)17-10-4-2-1-3-5-10/h6-8,10H,1-5,16H2,(H2,17,18,19). The lowest BCUT2D eigenvalue weighted by Crippen LogP contribution is -2.37. The Labute approximate surface area is 117 Å². The Bertz CT molecular complexity index is 458. The predicted octanol–water partition coefficient (Wildman–Crippen LogP) is 3.04.